The van der Waals surface area contributed by atoms with Crippen LogP contribution < -0.4 is 10.5 Å². The first-order valence-electron chi connectivity index (χ1n) is 7.78. The summed E-state index contributed by atoms with van der Waals surface area (Å²) in [5.74, 6) is -2.88. The average molecular weight is 431 g/mol. The highest BCUT2D eigenvalue weighted by atomic mass is 35.5. The van der Waals surface area contributed by atoms with Crippen molar-refractivity contribution in [3.05, 3.63) is 64.9 Å². The van der Waals surface area contributed by atoms with Gasteiger partial charge in [-0.2, -0.15) is 4.72 Å². The van der Waals surface area contributed by atoms with E-state index in [0.717, 1.165) is 12.1 Å². The molecule has 0 heterocycles. The van der Waals surface area contributed by atoms with Crippen molar-refractivity contribution >= 4 is 33.5 Å². The number of primary amides is 1. The number of carbonyl (C=O) groups is 2. The summed E-state index contributed by atoms with van der Waals surface area (Å²) in [5, 5.41) is 9.70. The third-order valence-corrected chi connectivity index (χ3v) is 5.29. The van der Waals surface area contributed by atoms with Gasteiger partial charge in [0.2, 0.25) is 16.1 Å². The molecule has 0 spiro atoms. The lowest BCUT2D eigenvalue weighted by molar-refractivity contribution is -0.157. The van der Waals surface area contributed by atoms with Crippen LogP contribution in [0.25, 0.3) is 0 Å². The highest BCUT2D eigenvalue weighted by Gasteiger charge is 2.31. The summed E-state index contributed by atoms with van der Waals surface area (Å²) in [5.41, 5.74) is 5.29. The zero-order chi connectivity index (χ0) is 20.9. The van der Waals surface area contributed by atoms with Crippen molar-refractivity contribution in [1.29, 1.82) is 0 Å². The number of nitrogens with one attached hydrogen (secondary N) is 1. The maximum Gasteiger partial charge on any atom is 0.327 e. The van der Waals surface area contributed by atoms with Gasteiger partial charge < -0.3 is 15.6 Å². The molecule has 0 radical (unpaired) electrons. The Morgan fingerprint density at radius 2 is 1.71 bits per heavy atom. The number of halogens is 2. The highest BCUT2D eigenvalue weighted by molar-refractivity contribution is 7.89. The fourth-order valence-corrected chi connectivity index (χ4v) is 3.46. The lowest BCUT2D eigenvalue weighted by atomic mass is 10.1. The average Bonchev–Trinajstić information content (AvgIpc) is 2.65. The standard InChI is InChI=1S/C17H16ClFN2O6S/c18-11-3-7-13(8-4-11)28(25,26)21-14(9-22)17(24)27-15(16(20)23)10-1-5-12(19)6-2-10/h1-8,14-15,21-22H,9H2,(H2,20,23). The van der Waals surface area contributed by atoms with Crippen molar-refractivity contribution in [2.24, 2.45) is 5.73 Å². The number of amides is 1. The van der Waals surface area contributed by atoms with E-state index in [4.69, 9.17) is 22.1 Å². The van der Waals surface area contributed by atoms with Crippen LogP contribution in [-0.2, 0) is 24.3 Å². The van der Waals surface area contributed by atoms with E-state index in [1.54, 1.807) is 0 Å². The smallest absolute Gasteiger partial charge is 0.327 e. The Balaban J connectivity index is 2.18. The number of rotatable bonds is 8. The number of aliphatic hydroxyl groups excluding tert-OH is 1. The first kappa shape index (κ1) is 21.8. The van der Waals surface area contributed by atoms with Crippen LogP contribution in [0.3, 0.4) is 0 Å². The Bertz CT molecular complexity index is 951. The van der Waals surface area contributed by atoms with Crippen LogP contribution in [0.5, 0.6) is 0 Å². The van der Waals surface area contributed by atoms with Crippen LogP contribution in [0.2, 0.25) is 5.02 Å². The Morgan fingerprint density at radius 3 is 2.21 bits per heavy atom. The molecule has 1 amide bonds. The van der Waals surface area contributed by atoms with Gasteiger partial charge in [0.15, 0.2) is 0 Å². The van der Waals surface area contributed by atoms with E-state index in [1.807, 2.05) is 4.72 Å². The topological polar surface area (TPSA) is 136 Å². The van der Waals surface area contributed by atoms with E-state index < -0.39 is 46.5 Å². The van der Waals surface area contributed by atoms with Crippen molar-refractivity contribution in [1.82, 2.24) is 4.72 Å². The number of sulfonamides is 1. The molecule has 2 rings (SSSR count). The predicted octanol–water partition coefficient (Wildman–Crippen LogP) is 0.888. The summed E-state index contributed by atoms with van der Waals surface area (Å²) in [6.07, 6.45) is -1.60. The van der Waals surface area contributed by atoms with Gasteiger partial charge >= 0.3 is 5.97 Å². The zero-order valence-electron chi connectivity index (χ0n) is 14.2. The van der Waals surface area contributed by atoms with Crippen molar-refractivity contribution < 1.29 is 32.2 Å². The normalized spacial score (nSPS) is 13.5. The van der Waals surface area contributed by atoms with Gasteiger partial charge in [0.25, 0.3) is 5.91 Å². The van der Waals surface area contributed by atoms with E-state index in [0.29, 0.717) is 5.02 Å². The molecule has 2 aromatic rings. The quantitative estimate of drug-likeness (QED) is 0.532. The minimum absolute atomic E-state index is 0.0829. The summed E-state index contributed by atoms with van der Waals surface area (Å²) in [6.45, 7) is -0.944. The molecule has 11 heteroatoms. The van der Waals surface area contributed by atoms with E-state index in [1.165, 1.54) is 36.4 Å². The number of benzene rings is 2. The molecule has 2 unspecified atom stereocenters. The van der Waals surface area contributed by atoms with Crippen molar-refractivity contribution in [2.45, 2.75) is 17.0 Å². The Kier molecular flexibility index (Phi) is 7.08. The minimum atomic E-state index is -4.19. The van der Waals surface area contributed by atoms with Crippen LogP contribution in [0.4, 0.5) is 4.39 Å². The van der Waals surface area contributed by atoms with E-state index in [-0.39, 0.29) is 10.5 Å². The van der Waals surface area contributed by atoms with Crippen LogP contribution in [0, 0.1) is 5.82 Å². The number of hydrogen-bond donors (Lipinski definition) is 3. The monoisotopic (exact) mass is 430 g/mol. The first-order valence-corrected chi connectivity index (χ1v) is 9.64. The number of esters is 1. The molecule has 2 aromatic carbocycles. The van der Waals surface area contributed by atoms with Gasteiger partial charge in [0.05, 0.1) is 11.5 Å². The third-order valence-electron chi connectivity index (χ3n) is 3.55. The van der Waals surface area contributed by atoms with Gasteiger partial charge in [0, 0.05) is 10.6 Å². The Hall–Kier alpha value is -2.53. The second-order valence-electron chi connectivity index (χ2n) is 5.58. The molecular formula is C17H16ClFN2O6S. The molecule has 0 aromatic heterocycles. The van der Waals surface area contributed by atoms with Gasteiger partial charge in [-0.05, 0) is 36.4 Å². The first-order chi connectivity index (χ1) is 13.1. The van der Waals surface area contributed by atoms with E-state index in [2.05, 4.69) is 0 Å². The number of hydrogen-bond acceptors (Lipinski definition) is 6. The van der Waals surface area contributed by atoms with Crippen molar-refractivity contribution in [2.75, 3.05) is 6.61 Å². The Labute approximate surface area is 165 Å². The van der Waals surface area contributed by atoms with Crippen LogP contribution >= 0.6 is 11.6 Å². The minimum Gasteiger partial charge on any atom is -0.446 e. The zero-order valence-corrected chi connectivity index (χ0v) is 15.8. The van der Waals surface area contributed by atoms with E-state index >= 15 is 0 Å². The Morgan fingerprint density at radius 1 is 1.14 bits per heavy atom. The van der Waals surface area contributed by atoms with Crippen LogP contribution in [0.15, 0.2) is 53.4 Å². The lowest BCUT2D eigenvalue weighted by Crippen LogP contribution is -2.45. The lowest BCUT2D eigenvalue weighted by Gasteiger charge is -2.20. The van der Waals surface area contributed by atoms with Gasteiger partial charge in [-0.3, -0.25) is 9.59 Å². The summed E-state index contributed by atoms with van der Waals surface area (Å²) < 4.78 is 44.6. The number of aliphatic hydroxyl groups is 1. The van der Waals surface area contributed by atoms with Crippen molar-refractivity contribution in [3.63, 3.8) is 0 Å². The maximum atomic E-state index is 13.0. The molecule has 0 bridgehead atoms. The van der Waals surface area contributed by atoms with Crippen LogP contribution in [-0.4, -0.2) is 38.0 Å². The second-order valence-corrected chi connectivity index (χ2v) is 7.73. The predicted molar refractivity (Wildman–Crippen MR) is 97.1 cm³/mol. The summed E-state index contributed by atoms with van der Waals surface area (Å²) in [6, 6.07) is 7.80. The molecule has 2 atom stereocenters. The van der Waals surface area contributed by atoms with Crippen LogP contribution in [0.1, 0.15) is 11.7 Å². The van der Waals surface area contributed by atoms with Crippen molar-refractivity contribution in [3.8, 4) is 0 Å². The molecule has 8 nitrogen and oxygen atoms in total. The fourth-order valence-electron chi connectivity index (χ4n) is 2.16. The molecule has 0 saturated heterocycles. The number of ether oxygens (including phenoxy) is 1. The molecule has 0 aliphatic heterocycles. The van der Waals surface area contributed by atoms with Gasteiger partial charge in [0.1, 0.15) is 11.9 Å². The molecule has 150 valence electrons. The largest absolute Gasteiger partial charge is 0.446 e. The van der Waals surface area contributed by atoms with Gasteiger partial charge in [-0.25, -0.2) is 12.8 Å². The molecule has 0 saturated carbocycles. The molecule has 0 aliphatic carbocycles. The van der Waals surface area contributed by atoms with Gasteiger partial charge in [-0.15, -0.1) is 0 Å². The SMILES string of the molecule is NC(=O)C(OC(=O)C(CO)NS(=O)(=O)c1ccc(Cl)cc1)c1ccc(F)cc1. The maximum absolute atomic E-state index is 13.0. The summed E-state index contributed by atoms with van der Waals surface area (Å²) in [7, 11) is -4.19. The summed E-state index contributed by atoms with van der Waals surface area (Å²) in [4.78, 5) is 23.7. The second kappa shape index (κ2) is 9.11. The third kappa shape index (κ3) is 5.49. The molecular weight excluding hydrogens is 415 g/mol. The summed E-state index contributed by atoms with van der Waals surface area (Å²) >= 11 is 5.70. The molecule has 0 aliphatic rings. The number of carbonyl (C=O) groups excluding carboxylic acids is 2. The fraction of sp³-hybridized carbons (Fsp3) is 0.176. The highest BCUT2D eigenvalue weighted by Crippen LogP contribution is 2.19. The number of nitrogens with two attached hydrogens (primary N) is 1. The molecule has 4 N–H and O–H groups in total. The van der Waals surface area contributed by atoms with Gasteiger partial charge in [-0.1, -0.05) is 23.7 Å². The molecule has 28 heavy (non-hydrogen) atoms. The molecule has 0 fully saturated rings. The van der Waals surface area contributed by atoms with E-state index in [9.17, 15) is 27.5 Å².